The van der Waals surface area contributed by atoms with Crippen LogP contribution in [0.2, 0.25) is 0 Å². The number of benzene rings is 1. The molecule has 1 aliphatic rings. The summed E-state index contributed by atoms with van der Waals surface area (Å²) < 4.78 is 27.0. The van der Waals surface area contributed by atoms with E-state index in [0.29, 0.717) is 6.04 Å². The van der Waals surface area contributed by atoms with Crippen molar-refractivity contribution in [3.63, 3.8) is 0 Å². The Hall–Kier alpha value is -0.910. The molecule has 0 heterocycles. The predicted molar refractivity (Wildman–Crippen MR) is 95.7 cm³/mol. The highest BCUT2D eigenvalue weighted by Crippen LogP contribution is 2.18. The Morgan fingerprint density at radius 3 is 2.26 bits per heavy atom. The highest BCUT2D eigenvalue weighted by molar-refractivity contribution is 7.88. The molecule has 0 radical (unpaired) electrons. The van der Waals surface area contributed by atoms with Crippen molar-refractivity contribution in [3.05, 3.63) is 35.4 Å². The van der Waals surface area contributed by atoms with E-state index in [4.69, 9.17) is 0 Å². The third kappa shape index (κ3) is 6.61. The quantitative estimate of drug-likeness (QED) is 0.750. The molecular formula is C18H30N2O2S. The lowest BCUT2D eigenvalue weighted by Gasteiger charge is -2.18. The van der Waals surface area contributed by atoms with Crippen molar-refractivity contribution >= 4 is 10.0 Å². The lowest BCUT2D eigenvalue weighted by atomic mass is 10.1. The van der Waals surface area contributed by atoms with Crippen LogP contribution in [0.1, 0.15) is 63.5 Å². The SMILES string of the molecule is CC(C)NS(=O)(=O)Cc1ccccc1CNC1CCCCCC1. The second-order valence-corrected chi connectivity index (χ2v) is 8.62. The second-order valence-electron chi connectivity index (χ2n) is 6.87. The maximum atomic E-state index is 12.2. The van der Waals surface area contributed by atoms with Crippen LogP contribution in [0, 0.1) is 0 Å². The molecule has 2 rings (SSSR count). The lowest BCUT2D eigenvalue weighted by Crippen LogP contribution is -2.32. The van der Waals surface area contributed by atoms with Crippen molar-refractivity contribution in [3.8, 4) is 0 Å². The van der Waals surface area contributed by atoms with Crippen molar-refractivity contribution in [1.82, 2.24) is 10.0 Å². The second kappa shape index (κ2) is 8.81. The van der Waals surface area contributed by atoms with E-state index < -0.39 is 10.0 Å². The van der Waals surface area contributed by atoms with Crippen molar-refractivity contribution in [2.45, 2.75) is 76.8 Å². The topological polar surface area (TPSA) is 58.2 Å². The van der Waals surface area contributed by atoms with E-state index >= 15 is 0 Å². The molecule has 4 nitrogen and oxygen atoms in total. The van der Waals surface area contributed by atoms with Gasteiger partial charge < -0.3 is 5.32 Å². The van der Waals surface area contributed by atoms with Crippen LogP contribution in [-0.2, 0) is 22.3 Å². The zero-order valence-corrected chi connectivity index (χ0v) is 15.2. The van der Waals surface area contributed by atoms with Crippen LogP contribution in [-0.4, -0.2) is 20.5 Å². The monoisotopic (exact) mass is 338 g/mol. The minimum absolute atomic E-state index is 0.0493. The van der Waals surface area contributed by atoms with Crippen LogP contribution in [0.4, 0.5) is 0 Å². The Balaban J connectivity index is 1.99. The van der Waals surface area contributed by atoms with Gasteiger partial charge in [0, 0.05) is 18.6 Å². The molecule has 0 atom stereocenters. The van der Waals surface area contributed by atoms with Gasteiger partial charge in [-0.3, -0.25) is 0 Å². The lowest BCUT2D eigenvalue weighted by molar-refractivity contribution is 0.458. The fourth-order valence-electron chi connectivity index (χ4n) is 3.21. The molecular weight excluding hydrogens is 308 g/mol. The van der Waals surface area contributed by atoms with E-state index in [2.05, 4.69) is 10.0 Å². The first-order valence-corrected chi connectivity index (χ1v) is 10.4. The fourth-order valence-corrected chi connectivity index (χ4v) is 4.71. The van der Waals surface area contributed by atoms with Crippen molar-refractivity contribution < 1.29 is 8.42 Å². The van der Waals surface area contributed by atoms with Gasteiger partial charge in [0.05, 0.1) is 5.75 Å². The summed E-state index contributed by atoms with van der Waals surface area (Å²) in [5, 5.41) is 3.63. The standard InChI is InChI=1S/C18H30N2O2S/c1-15(2)20-23(21,22)14-17-10-8-7-9-16(17)13-19-18-11-5-3-4-6-12-18/h7-10,15,18-20H,3-6,11-14H2,1-2H3. The highest BCUT2D eigenvalue weighted by atomic mass is 32.2. The number of hydrogen-bond donors (Lipinski definition) is 2. The smallest absolute Gasteiger partial charge is 0.216 e. The number of sulfonamides is 1. The first-order chi connectivity index (χ1) is 11.0. The van der Waals surface area contributed by atoms with Gasteiger partial charge in [0.25, 0.3) is 0 Å². The first kappa shape index (κ1) is 18.4. The van der Waals surface area contributed by atoms with E-state index in [1.807, 2.05) is 38.1 Å². The molecule has 0 aliphatic heterocycles. The number of nitrogens with one attached hydrogen (secondary N) is 2. The van der Waals surface area contributed by atoms with Crippen LogP contribution in [0.5, 0.6) is 0 Å². The largest absolute Gasteiger partial charge is 0.310 e. The normalized spacial score (nSPS) is 17.3. The molecule has 0 saturated heterocycles. The van der Waals surface area contributed by atoms with Crippen LogP contribution in [0.15, 0.2) is 24.3 Å². The summed E-state index contributed by atoms with van der Waals surface area (Å²) in [6.07, 6.45) is 7.74. The van der Waals surface area contributed by atoms with E-state index in [-0.39, 0.29) is 11.8 Å². The zero-order valence-electron chi connectivity index (χ0n) is 14.3. The van der Waals surface area contributed by atoms with Crippen LogP contribution in [0.25, 0.3) is 0 Å². The van der Waals surface area contributed by atoms with Gasteiger partial charge in [-0.1, -0.05) is 49.9 Å². The van der Waals surface area contributed by atoms with Crippen molar-refractivity contribution in [1.29, 1.82) is 0 Å². The summed E-state index contributed by atoms with van der Waals surface area (Å²) in [7, 11) is -3.28. The van der Waals surface area contributed by atoms with E-state index in [0.717, 1.165) is 17.7 Å². The Morgan fingerprint density at radius 2 is 1.65 bits per heavy atom. The molecule has 1 saturated carbocycles. The fraction of sp³-hybridized carbons (Fsp3) is 0.667. The molecule has 1 fully saturated rings. The molecule has 23 heavy (non-hydrogen) atoms. The van der Waals surface area contributed by atoms with Crippen LogP contribution in [0.3, 0.4) is 0 Å². The molecule has 130 valence electrons. The van der Waals surface area contributed by atoms with Gasteiger partial charge in [-0.15, -0.1) is 0 Å². The average Bonchev–Trinajstić information content (AvgIpc) is 2.73. The third-order valence-corrected chi connectivity index (χ3v) is 5.84. The molecule has 0 aromatic heterocycles. The molecule has 0 amide bonds. The summed E-state index contributed by atoms with van der Waals surface area (Å²) >= 11 is 0. The van der Waals surface area contributed by atoms with Gasteiger partial charge in [0.15, 0.2) is 0 Å². The first-order valence-electron chi connectivity index (χ1n) is 8.76. The highest BCUT2D eigenvalue weighted by Gasteiger charge is 2.16. The van der Waals surface area contributed by atoms with Gasteiger partial charge in [-0.05, 0) is 37.8 Å². The van der Waals surface area contributed by atoms with Gasteiger partial charge >= 0.3 is 0 Å². The average molecular weight is 339 g/mol. The summed E-state index contributed by atoms with van der Waals surface area (Å²) in [6, 6.07) is 8.34. The van der Waals surface area contributed by atoms with E-state index in [9.17, 15) is 8.42 Å². The molecule has 2 N–H and O–H groups in total. The Labute approximate surface area is 141 Å². The zero-order chi connectivity index (χ0) is 16.7. The Morgan fingerprint density at radius 1 is 1.04 bits per heavy atom. The summed E-state index contributed by atoms with van der Waals surface area (Å²) in [5.41, 5.74) is 1.98. The van der Waals surface area contributed by atoms with Gasteiger partial charge in [0.2, 0.25) is 10.0 Å². The van der Waals surface area contributed by atoms with Gasteiger partial charge in [-0.2, -0.15) is 0 Å². The van der Waals surface area contributed by atoms with Crippen molar-refractivity contribution in [2.75, 3.05) is 0 Å². The van der Waals surface area contributed by atoms with Gasteiger partial charge in [-0.25, -0.2) is 13.1 Å². The maximum Gasteiger partial charge on any atom is 0.216 e. The third-order valence-electron chi connectivity index (χ3n) is 4.32. The molecule has 1 aliphatic carbocycles. The number of hydrogen-bond acceptors (Lipinski definition) is 3. The Kier molecular flexibility index (Phi) is 7.06. The summed E-state index contributed by atoms with van der Waals surface area (Å²) in [4.78, 5) is 0. The number of rotatable bonds is 7. The maximum absolute atomic E-state index is 12.2. The summed E-state index contributed by atoms with van der Waals surface area (Å²) in [6.45, 7) is 4.44. The molecule has 0 bridgehead atoms. The van der Waals surface area contributed by atoms with Crippen molar-refractivity contribution in [2.24, 2.45) is 0 Å². The molecule has 0 unspecified atom stereocenters. The minimum Gasteiger partial charge on any atom is -0.310 e. The molecule has 1 aromatic carbocycles. The predicted octanol–water partition coefficient (Wildman–Crippen LogP) is 3.33. The van der Waals surface area contributed by atoms with E-state index in [1.54, 1.807) is 0 Å². The molecule has 0 spiro atoms. The minimum atomic E-state index is -3.28. The Bertz CT molecular complexity index is 576. The summed E-state index contributed by atoms with van der Waals surface area (Å²) in [5.74, 6) is 0.0493. The van der Waals surface area contributed by atoms with Crippen LogP contribution >= 0.6 is 0 Å². The molecule has 5 heteroatoms. The van der Waals surface area contributed by atoms with Gasteiger partial charge in [0.1, 0.15) is 0 Å². The van der Waals surface area contributed by atoms with Crippen LogP contribution < -0.4 is 10.0 Å². The van der Waals surface area contributed by atoms with E-state index in [1.165, 1.54) is 38.5 Å². The molecule has 1 aromatic rings.